The van der Waals surface area contributed by atoms with E-state index in [0.717, 1.165) is 17.5 Å². The quantitative estimate of drug-likeness (QED) is 0.352. The Hall–Kier alpha value is -4.05. The molecule has 182 valence electrons. The van der Waals surface area contributed by atoms with E-state index in [1.165, 1.54) is 13.2 Å². The van der Waals surface area contributed by atoms with E-state index in [1.807, 2.05) is 0 Å². The van der Waals surface area contributed by atoms with Crippen molar-refractivity contribution in [1.82, 2.24) is 4.98 Å². The van der Waals surface area contributed by atoms with Crippen molar-refractivity contribution < 1.29 is 31.8 Å². The van der Waals surface area contributed by atoms with Gasteiger partial charge in [-0.3, -0.25) is 9.71 Å². The van der Waals surface area contributed by atoms with Crippen molar-refractivity contribution in [2.75, 3.05) is 26.1 Å². The Kier molecular flexibility index (Phi) is 6.65. The number of hydrogen-bond donors (Lipinski definition) is 1. The summed E-state index contributed by atoms with van der Waals surface area (Å²) in [5.74, 6) is 1.32. The monoisotopic (exact) mass is 498 g/mol. The van der Waals surface area contributed by atoms with Crippen LogP contribution in [0.3, 0.4) is 0 Å². The second-order valence-electron chi connectivity index (χ2n) is 7.51. The first-order chi connectivity index (χ1) is 16.7. The number of nitrogens with one attached hydrogen (secondary N) is 1. The molecule has 0 fully saturated rings. The Balaban J connectivity index is 1.61. The Morgan fingerprint density at radius 1 is 0.829 bits per heavy atom. The third-order valence-electron chi connectivity index (χ3n) is 5.31. The molecule has 0 saturated heterocycles. The van der Waals surface area contributed by atoms with Crippen LogP contribution in [0.5, 0.6) is 28.7 Å². The third-order valence-corrected chi connectivity index (χ3v) is 6.67. The van der Waals surface area contributed by atoms with Crippen LogP contribution in [0.15, 0.2) is 65.7 Å². The first-order valence-corrected chi connectivity index (χ1v) is 11.9. The molecule has 3 aromatic carbocycles. The minimum Gasteiger partial charge on any atom is -0.494 e. The number of halogens is 1. The zero-order valence-corrected chi connectivity index (χ0v) is 20.3. The average molecular weight is 499 g/mol. The van der Waals surface area contributed by atoms with Crippen molar-refractivity contribution in [1.29, 1.82) is 0 Å². The molecule has 8 nitrogen and oxygen atoms in total. The molecule has 0 aliphatic rings. The predicted molar refractivity (Wildman–Crippen MR) is 130 cm³/mol. The van der Waals surface area contributed by atoms with Gasteiger partial charge in [-0.15, -0.1) is 0 Å². The maximum Gasteiger partial charge on any atom is 0.262 e. The molecule has 0 spiro atoms. The maximum absolute atomic E-state index is 13.7. The van der Waals surface area contributed by atoms with E-state index in [9.17, 15) is 12.8 Å². The van der Waals surface area contributed by atoms with E-state index in [0.29, 0.717) is 39.8 Å². The van der Waals surface area contributed by atoms with E-state index in [4.69, 9.17) is 18.9 Å². The van der Waals surface area contributed by atoms with E-state index in [1.54, 1.807) is 63.7 Å². The van der Waals surface area contributed by atoms with E-state index in [-0.39, 0.29) is 10.6 Å². The lowest BCUT2D eigenvalue weighted by atomic mass is 10.1. The highest BCUT2D eigenvalue weighted by molar-refractivity contribution is 7.92. The normalized spacial score (nSPS) is 11.2. The van der Waals surface area contributed by atoms with Gasteiger partial charge in [-0.2, -0.15) is 0 Å². The summed E-state index contributed by atoms with van der Waals surface area (Å²) in [7, 11) is 0.394. The molecular weight excluding hydrogens is 475 g/mol. The number of hydrogen-bond acceptors (Lipinski definition) is 7. The number of ether oxygens (including phenoxy) is 4. The number of benzene rings is 3. The number of sulfonamides is 1. The number of pyridine rings is 1. The molecule has 0 bridgehead atoms. The van der Waals surface area contributed by atoms with Crippen LogP contribution in [0.2, 0.25) is 0 Å². The molecule has 1 aromatic heterocycles. The van der Waals surface area contributed by atoms with Crippen molar-refractivity contribution >= 4 is 26.6 Å². The minimum atomic E-state index is -3.97. The average Bonchev–Trinajstić information content (AvgIpc) is 2.85. The minimum absolute atomic E-state index is 0.122. The Bertz CT molecular complexity index is 1510. The van der Waals surface area contributed by atoms with Crippen LogP contribution in [-0.2, 0) is 10.0 Å². The second-order valence-corrected chi connectivity index (χ2v) is 9.20. The first-order valence-electron chi connectivity index (χ1n) is 10.4. The highest BCUT2D eigenvalue weighted by atomic mass is 32.2. The van der Waals surface area contributed by atoms with Crippen LogP contribution in [-0.4, -0.2) is 34.7 Å². The van der Waals surface area contributed by atoms with Crippen molar-refractivity contribution in [2.45, 2.75) is 11.8 Å². The smallest absolute Gasteiger partial charge is 0.262 e. The molecule has 0 aliphatic carbocycles. The summed E-state index contributed by atoms with van der Waals surface area (Å²) in [6.07, 6.45) is 1.62. The fourth-order valence-corrected chi connectivity index (χ4v) is 4.63. The van der Waals surface area contributed by atoms with Crippen LogP contribution >= 0.6 is 0 Å². The molecule has 1 N–H and O–H groups in total. The van der Waals surface area contributed by atoms with Crippen LogP contribution in [0.1, 0.15) is 5.56 Å². The predicted octanol–water partition coefficient (Wildman–Crippen LogP) is 5.30. The number of nitrogens with zero attached hydrogens (tertiary/aromatic N) is 1. The van der Waals surface area contributed by atoms with Crippen LogP contribution in [0.4, 0.5) is 10.1 Å². The lowest BCUT2D eigenvalue weighted by Crippen LogP contribution is -2.14. The molecular formula is C25H23FN2O6S. The molecule has 0 atom stereocenters. The number of anilines is 1. The standard InChI is InChI=1S/C25H23FN2O6S/c1-15-11-16(34-22-9-10-27-21-14-25(33-4)24(32-3)13-18(21)22)5-8-20(15)28-35(29,30)17-6-7-19(26)23(12-17)31-2/h5-14,28H,1-4H3. The summed E-state index contributed by atoms with van der Waals surface area (Å²) in [5, 5.41) is 0.720. The molecule has 0 unspecified atom stereocenters. The molecule has 0 amide bonds. The number of methoxy groups -OCH3 is 3. The summed E-state index contributed by atoms with van der Waals surface area (Å²) < 4.78 is 63.5. The van der Waals surface area contributed by atoms with Gasteiger partial charge in [-0.1, -0.05) is 0 Å². The molecule has 0 aliphatic heterocycles. The van der Waals surface area contributed by atoms with E-state index < -0.39 is 15.8 Å². The van der Waals surface area contributed by atoms with Gasteiger partial charge in [0.25, 0.3) is 10.0 Å². The van der Waals surface area contributed by atoms with Crippen molar-refractivity contribution in [2.24, 2.45) is 0 Å². The summed E-state index contributed by atoms with van der Waals surface area (Å²) in [6, 6.07) is 13.5. The van der Waals surface area contributed by atoms with Gasteiger partial charge >= 0.3 is 0 Å². The van der Waals surface area contributed by atoms with Crippen LogP contribution in [0.25, 0.3) is 10.9 Å². The SMILES string of the molecule is COc1cc(S(=O)(=O)Nc2ccc(Oc3ccnc4cc(OC)c(OC)cc34)cc2C)ccc1F. The summed E-state index contributed by atoms with van der Waals surface area (Å²) >= 11 is 0. The molecule has 10 heteroatoms. The van der Waals surface area contributed by atoms with Gasteiger partial charge < -0.3 is 18.9 Å². The van der Waals surface area contributed by atoms with Gasteiger partial charge in [0.15, 0.2) is 23.1 Å². The summed E-state index contributed by atoms with van der Waals surface area (Å²) in [5.41, 5.74) is 1.64. The van der Waals surface area contributed by atoms with E-state index in [2.05, 4.69) is 9.71 Å². The van der Waals surface area contributed by atoms with E-state index >= 15 is 0 Å². The van der Waals surface area contributed by atoms with Crippen molar-refractivity contribution in [3.05, 3.63) is 72.2 Å². The first kappa shape index (κ1) is 24.1. The largest absolute Gasteiger partial charge is 0.494 e. The van der Waals surface area contributed by atoms with Gasteiger partial charge in [0.1, 0.15) is 11.5 Å². The number of aryl methyl sites for hydroxylation is 1. The number of fused-ring (bicyclic) bond motifs is 1. The fraction of sp³-hybridized carbons (Fsp3) is 0.160. The topological polar surface area (TPSA) is 96.0 Å². The molecule has 4 rings (SSSR count). The van der Waals surface area contributed by atoms with Crippen molar-refractivity contribution in [3.63, 3.8) is 0 Å². The summed E-state index contributed by atoms with van der Waals surface area (Å²) in [6.45, 7) is 1.74. The highest BCUT2D eigenvalue weighted by Gasteiger charge is 2.18. The Labute approximate surface area is 202 Å². The second kappa shape index (κ2) is 9.67. The Morgan fingerprint density at radius 3 is 2.23 bits per heavy atom. The van der Waals surface area contributed by atoms with Crippen LogP contribution in [0, 0.1) is 12.7 Å². The van der Waals surface area contributed by atoms with Gasteiger partial charge in [0, 0.05) is 23.7 Å². The maximum atomic E-state index is 13.7. The van der Waals surface area contributed by atoms with Gasteiger partial charge in [-0.25, -0.2) is 12.8 Å². The molecule has 0 radical (unpaired) electrons. The zero-order valence-electron chi connectivity index (χ0n) is 19.5. The van der Waals surface area contributed by atoms with Crippen LogP contribution < -0.4 is 23.7 Å². The zero-order chi connectivity index (χ0) is 25.2. The lowest BCUT2D eigenvalue weighted by Gasteiger charge is -2.14. The molecule has 0 saturated carbocycles. The molecule has 1 heterocycles. The molecule has 4 aromatic rings. The highest BCUT2D eigenvalue weighted by Crippen LogP contribution is 2.37. The lowest BCUT2D eigenvalue weighted by molar-refractivity contribution is 0.355. The summed E-state index contributed by atoms with van der Waals surface area (Å²) in [4.78, 5) is 4.24. The number of aromatic nitrogens is 1. The Morgan fingerprint density at radius 2 is 1.54 bits per heavy atom. The fourth-order valence-electron chi connectivity index (χ4n) is 3.49. The number of rotatable bonds is 8. The van der Waals surface area contributed by atoms with Gasteiger partial charge in [0.05, 0.1) is 37.4 Å². The van der Waals surface area contributed by atoms with Gasteiger partial charge in [0.2, 0.25) is 0 Å². The molecule has 35 heavy (non-hydrogen) atoms. The van der Waals surface area contributed by atoms with Gasteiger partial charge in [-0.05, 0) is 55.0 Å². The third kappa shape index (κ3) is 4.92. The van der Waals surface area contributed by atoms with Crippen molar-refractivity contribution in [3.8, 4) is 28.7 Å².